The zero-order valence-corrected chi connectivity index (χ0v) is 12.4. The molecule has 0 amide bonds. The van der Waals surface area contributed by atoms with Gasteiger partial charge >= 0.3 is 0 Å². The topological polar surface area (TPSA) is 39.2 Å². The lowest BCUT2D eigenvalue weighted by Crippen LogP contribution is -2.07. The summed E-state index contributed by atoms with van der Waals surface area (Å²) in [6.07, 6.45) is 0.358. The first-order valence-electron chi connectivity index (χ1n) is 6.10. The van der Waals surface area contributed by atoms with Crippen LogP contribution in [0.1, 0.15) is 32.2 Å². The molecule has 0 saturated heterocycles. The van der Waals surface area contributed by atoms with E-state index in [0.29, 0.717) is 6.42 Å². The van der Waals surface area contributed by atoms with E-state index in [4.69, 9.17) is 4.74 Å². The van der Waals surface area contributed by atoms with E-state index in [-0.39, 0.29) is 5.78 Å². The number of hydrogen-bond donors (Lipinski definition) is 0. The lowest BCUT2D eigenvalue weighted by atomic mass is 9.99. The molecule has 2 aromatic rings. The summed E-state index contributed by atoms with van der Waals surface area (Å²) < 4.78 is 5.26. The normalized spacial score (nSPS) is 10.5. The highest BCUT2D eigenvalue weighted by Gasteiger charge is 2.14. The van der Waals surface area contributed by atoms with Crippen molar-refractivity contribution >= 4 is 17.1 Å². The molecule has 0 atom stereocenters. The SMILES string of the molecule is COc1cc(C)c(C(=O)Cc2csc(C)n2)cc1C. The van der Waals surface area contributed by atoms with Crippen LogP contribution in [-0.2, 0) is 6.42 Å². The molecule has 0 bridgehead atoms. The number of benzene rings is 1. The van der Waals surface area contributed by atoms with Crippen molar-refractivity contribution in [3.05, 3.63) is 44.9 Å². The minimum atomic E-state index is 0.105. The Labute approximate surface area is 117 Å². The quantitative estimate of drug-likeness (QED) is 0.802. The molecule has 19 heavy (non-hydrogen) atoms. The van der Waals surface area contributed by atoms with Crippen LogP contribution in [-0.4, -0.2) is 17.9 Å². The molecule has 0 aliphatic carbocycles. The fourth-order valence-corrected chi connectivity index (χ4v) is 2.67. The largest absolute Gasteiger partial charge is 0.496 e. The summed E-state index contributed by atoms with van der Waals surface area (Å²) in [6.45, 7) is 5.82. The molecule has 1 aromatic carbocycles. The second-order valence-electron chi connectivity index (χ2n) is 4.59. The molecule has 0 fully saturated rings. The van der Waals surface area contributed by atoms with Gasteiger partial charge in [-0.2, -0.15) is 0 Å². The molecule has 2 rings (SSSR count). The number of hydrogen-bond acceptors (Lipinski definition) is 4. The lowest BCUT2D eigenvalue weighted by Gasteiger charge is -2.10. The van der Waals surface area contributed by atoms with Gasteiger partial charge in [0.15, 0.2) is 5.78 Å². The van der Waals surface area contributed by atoms with Crippen LogP contribution in [0.5, 0.6) is 5.75 Å². The summed E-state index contributed by atoms with van der Waals surface area (Å²) >= 11 is 1.57. The molecule has 1 heterocycles. The van der Waals surface area contributed by atoms with Gasteiger partial charge in [0.1, 0.15) is 5.75 Å². The summed E-state index contributed by atoms with van der Waals surface area (Å²) in [5.74, 6) is 0.923. The number of aromatic nitrogens is 1. The highest BCUT2D eigenvalue weighted by atomic mass is 32.1. The maximum Gasteiger partial charge on any atom is 0.169 e. The molecule has 100 valence electrons. The van der Waals surface area contributed by atoms with Crippen LogP contribution in [0.4, 0.5) is 0 Å². The van der Waals surface area contributed by atoms with Crippen LogP contribution >= 0.6 is 11.3 Å². The van der Waals surface area contributed by atoms with Gasteiger partial charge in [0, 0.05) is 10.9 Å². The third-order valence-electron chi connectivity index (χ3n) is 3.05. The Morgan fingerprint density at radius 2 is 2.00 bits per heavy atom. The van der Waals surface area contributed by atoms with Crippen molar-refractivity contribution in [1.29, 1.82) is 0 Å². The third kappa shape index (κ3) is 3.01. The van der Waals surface area contributed by atoms with Gasteiger partial charge in [-0.05, 0) is 44.0 Å². The van der Waals surface area contributed by atoms with Crippen LogP contribution in [0, 0.1) is 20.8 Å². The number of rotatable bonds is 4. The summed E-state index contributed by atoms with van der Waals surface area (Å²) in [5.41, 5.74) is 3.52. The fraction of sp³-hybridized carbons (Fsp3) is 0.333. The van der Waals surface area contributed by atoms with Gasteiger partial charge in [0.2, 0.25) is 0 Å². The van der Waals surface area contributed by atoms with Crippen molar-refractivity contribution in [1.82, 2.24) is 4.98 Å². The number of methoxy groups -OCH3 is 1. The van der Waals surface area contributed by atoms with E-state index in [1.165, 1.54) is 0 Å². The predicted molar refractivity (Wildman–Crippen MR) is 77.4 cm³/mol. The van der Waals surface area contributed by atoms with Gasteiger partial charge in [-0.3, -0.25) is 4.79 Å². The van der Waals surface area contributed by atoms with E-state index in [9.17, 15) is 4.79 Å². The Morgan fingerprint density at radius 3 is 2.58 bits per heavy atom. The highest BCUT2D eigenvalue weighted by molar-refractivity contribution is 7.09. The first-order valence-corrected chi connectivity index (χ1v) is 6.98. The number of ketones is 1. The molecule has 3 nitrogen and oxygen atoms in total. The zero-order chi connectivity index (χ0) is 14.0. The van der Waals surface area contributed by atoms with Crippen molar-refractivity contribution in [2.24, 2.45) is 0 Å². The lowest BCUT2D eigenvalue weighted by molar-refractivity contribution is 0.0991. The van der Waals surface area contributed by atoms with Crippen molar-refractivity contribution < 1.29 is 9.53 Å². The summed E-state index contributed by atoms with van der Waals surface area (Å²) in [4.78, 5) is 16.7. The number of Topliss-reactive ketones (excluding diaryl/α,β-unsaturated/α-hetero) is 1. The minimum absolute atomic E-state index is 0.105. The molecule has 0 aliphatic heterocycles. The number of carbonyl (C=O) groups is 1. The summed E-state index contributed by atoms with van der Waals surface area (Å²) in [7, 11) is 1.64. The van der Waals surface area contributed by atoms with Crippen molar-refractivity contribution in [3.63, 3.8) is 0 Å². The Kier molecular flexibility index (Phi) is 4.00. The maximum absolute atomic E-state index is 12.3. The molecular weight excluding hydrogens is 258 g/mol. The molecule has 0 spiro atoms. The van der Waals surface area contributed by atoms with Gasteiger partial charge < -0.3 is 4.74 Å². The monoisotopic (exact) mass is 275 g/mol. The highest BCUT2D eigenvalue weighted by Crippen LogP contribution is 2.23. The Morgan fingerprint density at radius 1 is 1.26 bits per heavy atom. The first kappa shape index (κ1) is 13.7. The fourth-order valence-electron chi connectivity index (χ4n) is 2.06. The van der Waals surface area contributed by atoms with E-state index in [1.54, 1.807) is 18.4 Å². The van der Waals surface area contributed by atoms with Crippen molar-refractivity contribution in [2.45, 2.75) is 27.2 Å². The number of carbonyl (C=O) groups excluding carboxylic acids is 1. The van der Waals surface area contributed by atoms with Crippen molar-refractivity contribution in [2.75, 3.05) is 7.11 Å². The van der Waals surface area contributed by atoms with Gasteiger partial charge in [0.25, 0.3) is 0 Å². The smallest absolute Gasteiger partial charge is 0.169 e. The van der Waals surface area contributed by atoms with Gasteiger partial charge in [-0.15, -0.1) is 11.3 Å². The van der Waals surface area contributed by atoms with Crippen LogP contribution in [0.15, 0.2) is 17.5 Å². The standard InChI is InChI=1S/C15H17NO2S/c1-9-6-15(18-4)10(2)5-13(9)14(17)7-12-8-19-11(3)16-12/h5-6,8H,7H2,1-4H3. The molecule has 4 heteroatoms. The molecule has 0 N–H and O–H groups in total. The molecule has 0 radical (unpaired) electrons. The Bertz CT molecular complexity index is 617. The average molecular weight is 275 g/mol. The summed E-state index contributed by atoms with van der Waals surface area (Å²) in [5, 5.41) is 2.93. The second-order valence-corrected chi connectivity index (χ2v) is 5.66. The van der Waals surface area contributed by atoms with Gasteiger partial charge in [-0.25, -0.2) is 4.98 Å². The molecule has 0 aliphatic rings. The second kappa shape index (κ2) is 5.53. The summed E-state index contributed by atoms with van der Waals surface area (Å²) in [6, 6.07) is 3.81. The van der Waals surface area contributed by atoms with Crippen molar-refractivity contribution in [3.8, 4) is 5.75 Å². The number of thiazole rings is 1. The predicted octanol–water partition coefficient (Wildman–Crippen LogP) is 3.50. The maximum atomic E-state index is 12.3. The zero-order valence-electron chi connectivity index (χ0n) is 11.6. The van der Waals surface area contributed by atoms with Crippen LogP contribution in [0.3, 0.4) is 0 Å². The van der Waals surface area contributed by atoms with Crippen LogP contribution in [0.25, 0.3) is 0 Å². The van der Waals surface area contributed by atoms with Crippen LogP contribution < -0.4 is 4.74 Å². The number of aryl methyl sites for hydroxylation is 3. The Hall–Kier alpha value is -1.68. The van der Waals surface area contributed by atoms with Crippen LogP contribution in [0.2, 0.25) is 0 Å². The Balaban J connectivity index is 2.26. The molecule has 0 unspecified atom stereocenters. The van der Waals surface area contributed by atoms with E-state index in [0.717, 1.165) is 33.1 Å². The molecule has 1 aromatic heterocycles. The number of nitrogens with zero attached hydrogens (tertiary/aromatic N) is 1. The third-order valence-corrected chi connectivity index (χ3v) is 3.87. The van der Waals surface area contributed by atoms with E-state index < -0.39 is 0 Å². The average Bonchev–Trinajstić information content (AvgIpc) is 2.77. The van der Waals surface area contributed by atoms with Gasteiger partial charge in [-0.1, -0.05) is 0 Å². The van der Waals surface area contributed by atoms with E-state index >= 15 is 0 Å². The van der Waals surface area contributed by atoms with Gasteiger partial charge in [0.05, 0.1) is 24.2 Å². The first-order chi connectivity index (χ1) is 9.01. The minimum Gasteiger partial charge on any atom is -0.496 e. The van der Waals surface area contributed by atoms with E-state index in [1.807, 2.05) is 38.3 Å². The molecular formula is C15H17NO2S. The number of ether oxygens (including phenoxy) is 1. The van der Waals surface area contributed by atoms with E-state index in [2.05, 4.69) is 4.98 Å². The molecule has 0 saturated carbocycles.